The molecule has 0 radical (unpaired) electrons. The average Bonchev–Trinajstić information content (AvgIpc) is 2.68. The predicted molar refractivity (Wildman–Crippen MR) is 71.2 cm³/mol. The highest BCUT2D eigenvalue weighted by molar-refractivity contribution is 8.13. The number of hydrogen-bond acceptors (Lipinski definition) is 4. The van der Waals surface area contributed by atoms with Crippen LogP contribution in [0.15, 0.2) is 18.2 Å². The number of amides is 1. The minimum absolute atomic E-state index is 0.0106. The summed E-state index contributed by atoms with van der Waals surface area (Å²) in [5, 5.41) is 8.79. The smallest absolute Gasteiger partial charge is 0.232 e. The summed E-state index contributed by atoms with van der Waals surface area (Å²) in [6.07, 6.45) is -0.0117. The first-order valence-corrected chi connectivity index (χ1v) is 8.20. The van der Waals surface area contributed by atoms with Gasteiger partial charge in [0.05, 0.1) is 23.1 Å². The van der Waals surface area contributed by atoms with Crippen LogP contribution in [0.4, 0.5) is 10.1 Å². The third-order valence-electron chi connectivity index (χ3n) is 3.01. The maximum absolute atomic E-state index is 13.7. The monoisotopic (exact) mass is 316 g/mol. The van der Waals surface area contributed by atoms with E-state index in [1.165, 1.54) is 12.1 Å². The zero-order valence-electron chi connectivity index (χ0n) is 10.2. The lowest BCUT2D eigenvalue weighted by Crippen LogP contribution is -2.26. The van der Waals surface area contributed by atoms with Gasteiger partial charge in [-0.3, -0.25) is 4.79 Å². The Balaban J connectivity index is 2.26. The van der Waals surface area contributed by atoms with Crippen LogP contribution >= 0.6 is 10.7 Å². The molecule has 0 bridgehead atoms. The molecule has 1 aromatic rings. The molecule has 1 amide bonds. The van der Waals surface area contributed by atoms with Crippen molar-refractivity contribution in [3.05, 3.63) is 29.6 Å². The van der Waals surface area contributed by atoms with Crippen LogP contribution in [-0.4, -0.2) is 26.6 Å². The van der Waals surface area contributed by atoms with Gasteiger partial charge in [-0.05, 0) is 18.2 Å². The maximum Gasteiger partial charge on any atom is 0.232 e. The Bertz CT molecular complexity index is 699. The van der Waals surface area contributed by atoms with Gasteiger partial charge in [0.25, 0.3) is 0 Å². The number of nitriles is 1. The second-order valence-corrected chi connectivity index (χ2v) is 7.38. The Kier molecular flexibility index (Phi) is 3.97. The molecule has 1 unspecified atom stereocenters. The van der Waals surface area contributed by atoms with Gasteiger partial charge < -0.3 is 4.90 Å². The molecular formula is C12H10ClFN2O3S. The fraction of sp³-hybridized carbons (Fsp3) is 0.333. The standard InChI is InChI=1S/C12H10ClFN2O3S/c13-20(18,19)7-9-4-12(17)16(6-9)11-3-8(5-15)1-2-10(11)14/h1-3,9H,4,6-7H2. The number of carbonyl (C=O) groups is 1. The molecule has 106 valence electrons. The van der Waals surface area contributed by atoms with Gasteiger partial charge >= 0.3 is 0 Å². The molecule has 0 aliphatic carbocycles. The van der Waals surface area contributed by atoms with Crippen molar-refractivity contribution in [1.82, 2.24) is 0 Å². The Morgan fingerprint density at radius 1 is 1.50 bits per heavy atom. The van der Waals surface area contributed by atoms with Crippen LogP contribution in [0, 0.1) is 23.1 Å². The average molecular weight is 317 g/mol. The van der Waals surface area contributed by atoms with E-state index in [0.29, 0.717) is 0 Å². The summed E-state index contributed by atoms with van der Waals surface area (Å²) >= 11 is 0. The summed E-state index contributed by atoms with van der Waals surface area (Å²) in [6, 6.07) is 5.54. The van der Waals surface area contributed by atoms with E-state index in [4.69, 9.17) is 15.9 Å². The van der Waals surface area contributed by atoms with Gasteiger partial charge in [-0.25, -0.2) is 12.8 Å². The Labute approximate surface area is 120 Å². The minimum atomic E-state index is -3.71. The van der Waals surface area contributed by atoms with Gasteiger partial charge in [0.15, 0.2) is 0 Å². The zero-order valence-corrected chi connectivity index (χ0v) is 11.8. The number of anilines is 1. The summed E-state index contributed by atoms with van der Waals surface area (Å²) in [6.45, 7) is 0.0661. The molecule has 1 aromatic carbocycles. The maximum atomic E-state index is 13.7. The largest absolute Gasteiger partial charge is 0.309 e. The highest BCUT2D eigenvalue weighted by atomic mass is 35.7. The lowest BCUT2D eigenvalue weighted by atomic mass is 10.1. The first kappa shape index (κ1) is 14.8. The van der Waals surface area contributed by atoms with Crippen molar-refractivity contribution in [2.24, 2.45) is 5.92 Å². The zero-order chi connectivity index (χ0) is 14.9. The van der Waals surface area contributed by atoms with E-state index in [1.807, 2.05) is 6.07 Å². The normalized spacial score (nSPS) is 19.1. The molecule has 1 aliphatic heterocycles. The molecule has 1 saturated heterocycles. The van der Waals surface area contributed by atoms with Crippen LogP contribution in [0.1, 0.15) is 12.0 Å². The molecule has 1 heterocycles. The quantitative estimate of drug-likeness (QED) is 0.794. The summed E-state index contributed by atoms with van der Waals surface area (Å²) in [5.41, 5.74) is 0.214. The van der Waals surface area contributed by atoms with Gasteiger partial charge in [0.1, 0.15) is 5.82 Å². The second-order valence-electron chi connectivity index (χ2n) is 4.56. The van der Waals surface area contributed by atoms with E-state index in [2.05, 4.69) is 0 Å². The van der Waals surface area contributed by atoms with E-state index in [-0.39, 0.29) is 35.9 Å². The van der Waals surface area contributed by atoms with E-state index in [1.54, 1.807) is 0 Å². The summed E-state index contributed by atoms with van der Waals surface area (Å²) in [7, 11) is 1.45. The van der Waals surface area contributed by atoms with Gasteiger partial charge in [0, 0.05) is 29.6 Å². The number of carbonyl (C=O) groups excluding carboxylic acids is 1. The Hall–Kier alpha value is -1.65. The van der Waals surface area contributed by atoms with Gasteiger partial charge in [-0.1, -0.05) is 0 Å². The summed E-state index contributed by atoms with van der Waals surface area (Å²) in [4.78, 5) is 13.0. The molecule has 5 nitrogen and oxygen atoms in total. The molecule has 0 aromatic heterocycles. The van der Waals surface area contributed by atoms with Crippen molar-refractivity contribution in [3.8, 4) is 6.07 Å². The van der Waals surface area contributed by atoms with E-state index < -0.39 is 20.8 Å². The van der Waals surface area contributed by atoms with E-state index in [0.717, 1.165) is 11.0 Å². The first-order valence-electron chi connectivity index (χ1n) is 5.72. The lowest BCUT2D eigenvalue weighted by molar-refractivity contribution is -0.117. The fourth-order valence-corrected chi connectivity index (χ4v) is 3.52. The topological polar surface area (TPSA) is 78.2 Å². The fourth-order valence-electron chi connectivity index (χ4n) is 2.20. The molecule has 1 atom stereocenters. The van der Waals surface area contributed by atoms with Crippen molar-refractivity contribution in [1.29, 1.82) is 5.26 Å². The van der Waals surface area contributed by atoms with Gasteiger partial charge in [0.2, 0.25) is 15.0 Å². The molecular weight excluding hydrogens is 307 g/mol. The Morgan fingerprint density at radius 3 is 2.80 bits per heavy atom. The summed E-state index contributed by atoms with van der Waals surface area (Å²) in [5.74, 6) is -1.83. The lowest BCUT2D eigenvalue weighted by Gasteiger charge is -2.17. The number of benzene rings is 1. The van der Waals surface area contributed by atoms with Gasteiger partial charge in [-0.2, -0.15) is 5.26 Å². The van der Waals surface area contributed by atoms with Crippen LogP contribution < -0.4 is 4.90 Å². The third-order valence-corrected chi connectivity index (χ3v) is 4.25. The van der Waals surface area contributed by atoms with Crippen LogP contribution in [0.3, 0.4) is 0 Å². The van der Waals surface area contributed by atoms with Crippen LogP contribution in [0.25, 0.3) is 0 Å². The molecule has 8 heteroatoms. The second kappa shape index (κ2) is 5.38. The molecule has 2 rings (SSSR count). The van der Waals surface area contributed by atoms with E-state index in [9.17, 15) is 17.6 Å². The van der Waals surface area contributed by atoms with Gasteiger partial charge in [-0.15, -0.1) is 0 Å². The predicted octanol–water partition coefficient (Wildman–Crippen LogP) is 1.62. The highest BCUT2D eigenvalue weighted by Gasteiger charge is 2.34. The van der Waals surface area contributed by atoms with Crippen molar-refractivity contribution in [3.63, 3.8) is 0 Å². The SMILES string of the molecule is N#Cc1ccc(F)c(N2CC(CS(=O)(=O)Cl)CC2=O)c1. The van der Waals surface area contributed by atoms with Crippen molar-refractivity contribution in [2.75, 3.05) is 17.2 Å². The molecule has 0 spiro atoms. The minimum Gasteiger partial charge on any atom is -0.309 e. The number of halogens is 2. The first-order chi connectivity index (χ1) is 9.30. The highest BCUT2D eigenvalue weighted by Crippen LogP contribution is 2.29. The number of hydrogen-bond donors (Lipinski definition) is 0. The van der Waals surface area contributed by atoms with Crippen LogP contribution in [0.2, 0.25) is 0 Å². The molecule has 1 aliphatic rings. The van der Waals surface area contributed by atoms with Crippen molar-refractivity contribution < 1.29 is 17.6 Å². The molecule has 1 fully saturated rings. The Morgan fingerprint density at radius 2 is 2.20 bits per heavy atom. The number of nitrogens with zero attached hydrogens (tertiary/aromatic N) is 2. The van der Waals surface area contributed by atoms with Crippen molar-refractivity contribution in [2.45, 2.75) is 6.42 Å². The molecule has 0 N–H and O–H groups in total. The van der Waals surface area contributed by atoms with Crippen molar-refractivity contribution >= 4 is 31.3 Å². The third kappa shape index (κ3) is 3.26. The molecule has 20 heavy (non-hydrogen) atoms. The van der Waals surface area contributed by atoms with Crippen LogP contribution in [0.5, 0.6) is 0 Å². The number of rotatable bonds is 3. The van der Waals surface area contributed by atoms with E-state index >= 15 is 0 Å². The van der Waals surface area contributed by atoms with Crippen LogP contribution in [-0.2, 0) is 13.8 Å². The summed E-state index contributed by atoms with van der Waals surface area (Å²) < 4.78 is 35.8. The molecule has 0 saturated carbocycles.